The van der Waals surface area contributed by atoms with Gasteiger partial charge in [0.15, 0.2) is 6.61 Å². The topological polar surface area (TPSA) is 93.1 Å². The fourth-order valence-corrected chi connectivity index (χ4v) is 5.58. The fourth-order valence-electron chi connectivity index (χ4n) is 5.58. The SMILES string of the molecule is C=CC(=O)OCC(=O)OC12CC3(O)CC(O)(CC(C)(C3)C1C)C2. The van der Waals surface area contributed by atoms with E-state index in [0.29, 0.717) is 32.1 Å². The van der Waals surface area contributed by atoms with Gasteiger partial charge in [0.1, 0.15) is 5.60 Å². The third-order valence-corrected chi connectivity index (χ3v) is 6.03. The second kappa shape index (κ2) is 4.80. The molecular formula is C17H24O6. The smallest absolute Gasteiger partial charge is 0.344 e. The van der Waals surface area contributed by atoms with Crippen molar-refractivity contribution in [1.29, 1.82) is 0 Å². The molecule has 0 amide bonds. The van der Waals surface area contributed by atoms with Crippen LogP contribution in [0.3, 0.4) is 0 Å². The van der Waals surface area contributed by atoms with Crippen LogP contribution in [0.2, 0.25) is 0 Å². The number of aliphatic hydroxyl groups is 2. The van der Waals surface area contributed by atoms with Crippen molar-refractivity contribution in [2.45, 2.75) is 62.8 Å². The zero-order valence-electron chi connectivity index (χ0n) is 13.6. The Morgan fingerprint density at radius 1 is 1.17 bits per heavy atom. The van der Waals surface area contributed by atoms with Gasteiger partial charge in [-0.2, -0.15) is 0 Å². The molecule has 0 aromatic heterocycles. The number of esters is 2. The molecule has 0 spiro atoms. The van der Waals surface area contributed by atoms with Crippen LogP contribution in [-0.2, 0) is 19.1 Å². The lowest BCUT2D eigenvalue weighted by Crippen LogP contribution is -2.73. The first-order valence-corrected chi connectivity index (χ1v) is 8.00. The number of hydrogen-bond acceptors (Lipinski definition) is 6. The molecule has 4 rings (SSSR count). The quantitative estimate of drug-likeness (QED) is 0.594. The van der Waals surface area contributed by atoms with Gasteiger partial charge in [0.25, 0.3) is 0 Å². The molecule has 4 fully saturated rings. The van der Waals surface area contributed by atoms with Crippen LogP contribution in [-0.4, -0.2) is 45.6 Å². The summed E-state index contributed by atoms with van der Waals surface area (Å²) in [7, 11) is 0. The molecule has 4 aliphatic rings. The molecule has 2 N–H and O–H groups in total. The van der Waals surface area contributed by atoms with E-state index < -0.39 is 35.3 Å². The minimum Gasteiger partial charge on any atom is -0.456 e. The van der Waals surface area contributed by atoms with E-state index in [-0.39, 0.29) is 11.3 Å². The van der Waals surface area contributed by atoms with Crippen molar-refractivity contribution in [3.63, 3.8) is 0 Å². The lowest BCUT2D eigenvalue weighted by molar-refractivity contribution is -0.306. The monoisotopic (exact) mass is 324 g/mol. The van der Waals surface area contributed by atoms with Crippen LogP contribution < -0.4 is 0 Å². The molecule has 128 valence electrons. The predicted octanol–water partition coefficient (Wildman–Crippen LogP) is 1.09. The molecule has 3 unspecified atom stereocenters. The summed E-state index contributed by atoms with van der Waals surface area (Å²) in [5.41, 5.74) is -3.21. The average molecular weight is 324 g/mol. The Kier molecular flexibility index (Phi) is 3.44. The summed E-state index contributed by atoms with van der Waals surface area (Å²) in [4.78, 5) is 23.2. The number of carbonyl (C=O) groups excluding carboxylic acids is 2. The van der Waals surface area contributed by atoms with E-state index in [1.165, 1.54) is 0 Å². The molecule has 0 heterocycles. The summed E-state index contributed by atoms with van der Waals surface area (Å²) >= 11 is 0. The van der Waals surface area contributed by atoms with Crippen molar-refractivity contribution < 1.29 is 29.3 Å². The van der Waals surface area contributed by atoms with E-state index in [9.17, 15) is 19.8 Å². The highest BCUT2D eigenvalue weighted by Gasteiger charge is 2.71. The first-order valence-electron chi connectivity index (χ1n) is 8.00. The zero-order chi connectivity index (χ0) is 17.1. The predicted molar refractivity (Wildman–Crippen MR) is 80.2 cm³/mol. The van der Waals surface area contributed by atoms with Crippen LogP contribution in [0.4, 0.5) is 0 Å². The number of ether oxygens (including phenoxy) is 2. The molecule has 4 saturated carbocycles. The molecule has 4 bridgehead atoms. The molecule has 4 aliphatic carbocycles. The molecule has 0 aromatic carbocycles. The van der Waals surface area contributed by atoms with Gasteiger partial charge in [0.05, 0.1) is 11.2 Å². The Bertz CT molecular complexity index is 549. The molecule has 6 heteroatoms. The highest BCUT2D eigenvalue weighted by molar-refractivity contribution is 5.83. The maximum Gasteiger partial charge on any atom is 0.344 e. The summed E-state index contributed by atoms with van der Waals surface area (Å²) in [6.07, 6.45) is 3.16. The minimum absolute atomic E-state index is 0.00917. The summed E-state index contributed by atoms with van der Waals surface area (Å²) in [5, 5.41) is 21.7. The van der Waals surface area contributed by atoms with Crippen molar-refractivity contribution in [1.82, 2.24) is 0 Å². The van der Waals surface area contributed by atoms with Crippen LogP contribution in [0, 0.1) is 11.3 Å². The lowest BCUT2D eigenvalue weighted by atomic mass is 9.41. The van der Waals surface area contributed by atoms with Gasteiger partial charge in [-0.05, 0) is 18.3 Å². The molecule has 0 aliphatic heterocycles. The average Bonchev–Trinajstić information content (AvgIpc) is 2.38. The summed E-state index contributed by atoms with van der Waals surface area (Å²) in [6, 6.07) is 0. The van der Waals surface area contributed by atoms with Gasteiger partial charge in [-0.25, -0.2) is 9.59 Å². The van der Waals surface area contributed by atoms with Gasteiger partial charge in [-0.3, -0.25) is 0 Å². The van der Waals surface area contributed by atoms with E-state index in [2.05, 4.69) is 6.58 Å². The zero-order valence-corrected chi connectivity index (χ0v) is 13.6. The van der Waals surface area contributed by atoms with Gasteiger partial charge in [0.2, 0.25) is 0 Å². The standard InChI is InChI=1S/C17H24O6/c1-4-12(18)22-5-13(19)23-17-9-15(20)6-14(3,11(17)2)7-16(21,8-15)10-17/h4,11,20-21H,1,5-10H2,2-3H3. The Balaban J connectivity index is 1.81. The largest absolute Gasteiger partial charge is 0.456 e. The van der Waals surface area contributed by atoms with Crippen molar-refractivity contribution in [3.8, 4) is 0 Å². The van der Waals surface area contributed by atoms with Crippen LogP contribution in [0.1, 0.15) is 46.0 Å². The van der Waals surface area contributed by atoms with Crippen molar-refractivity contribution in [2.24, 2.45) is 11.3 Å². The summed E-state index contributed by atoms with van der Waals surface area (Å²) < 4.78 is 10.4. The van der Waals surface area contributed by atoms with Gasteiger partial charge < -0.3 is 19.7 Å². The van der Waals surface area contributed by atoms with Gasteiger partial charge in [-0.1, -0.05) is 20.4 Å². The van der Waals surface area contributed by atoms with E-state index >= 15 is 0 Å². The van der Waals surface area contributed by atoms with E-state index in [0.717, 1.165) is 6.08 Å². The van der Waals surface area contributed by atoms with Crippen LogP contribution in [0.15, 0.2) is 12.7 Å². The Morgan fingerprint density at radius 2 is 1.74 bits per heavy atom. The molecule has 0 saturated heterocycles. The number of carbonyl (C=O) groups is 2. The van der Waals surface area contributed by atoms with Gasteiger partial charge in [-0.15, -0.1) is 0 Å². The first-order chi connectivity index (χ1) is 10.5. The third kappa shape index (κ3) is 2.58. The Labute approximate surface area is 135 Å². The van der Waals surface area contributed by atoms with Crippen molar-refractivity contribution >= 4 is 11.9 Å². The molecule has 0 aromatic rings. The van der Waals surface area contributed by atoms with Crippen LogP contribution in [0.25, 0.3) is 0 Å². The third-order valence-electron chi connectivity index (χ3n) is 6.03. The lowest BCUT2D eigenvalue weighted by Gasteiger charge is -2.69. The van der Waals surface area contributed by atoms with Crippen molar-refractivity contribution in [2.75, 3.05) is 6.61 Å². The second-order valence-electron chi connectivity index (χ2n) is 8.06. The maximum absolute atomic E-state index is 12.1. The minimum atomic E-state index is -1.01. The van der Waals surface area contributed by atoms with E-state index in [1.807, 2.05) is 13.8 Å². The normalized spacial score (nSPS) is 47.2. The van der Waals surface area contributed by atoms with Crippen LogP contribution >= 0.6 is 0 Å². The van der Waals surface area contributed by atoms with E-state index in [4.69, 9.17) is 9.47 Å². The first kappa shape index (κ1) is 16.5. The molecule has 23 heavy (non-hydrogen) atoms. The Morgan fingerprint density at radius 3 is 2.26 bits per heavy atom. The molecule has 6 nitrogen and oxygen atoms in total. The summed E-state index contributed by atoms with van der Waals surface area (Å²) in [5.74, 6) is -1.34. The summed E-state index contributed by atoms with van der Waals surface area (Å²) in [6.45, 7) is 6.81. The maximum atomic E-state index is 12.1. The van der Waals surface area contributed by atoms with E-state index in [1.54, 1.807) is 0 Å². The van der Waals surface area contributed by atoms with Crippen molar-refractivity contribution in [3.05, 3.63) is 12.7 Å². The number of rotatable bonds is 4. The second-order valence-corrected chi connectivity index (χ2v) is 8.06. The molecule has 0 radical (unpaired) electrons. The number of hydrogen-bond donors (Lipinski definition) is 2. The molecular weight excluding hydrogens is 300 g/mol. The fraction of sp³-hybridized carbons (Fsp3) is 0.765. The highest BCUT2D eigenvalue weighted by Crippen LogP contribution is 2.67. The highest BCUT2D eigenvalue weighted by atomic mass is 16.6. The Hall–Kier alpha value is -1.40. The molecule has 3 atom stereocenters. The van der Waals surface area contributed by atoms with Gasteiger partial charge in [0, 0.05) is 31.3 Å². The van der Waals surface area contributed by atoms with Crippen LogP contribution in [0.5, 0.6) is 0 Å². The van der Waals surface area contributed by atoms with Gasteiger partial charge >= 0.3 is 11.9 Å².